The summed E-state index contributed by atoms with van der Waals surface area (Å²) in [5.41, 5.74) is 1.36. The highest BCUT2D eigenvalue weighted by Crippen LogP contribution is 2.49. The first kappa shape index (κ1) is 12.7. The van der Waals surface area contributed by atoms with Gasteiger partial charge in [-0.2, -0.15) is 0 Å². The van der Waals surface area contributed by atoms with E-state index in [1.165, 1.54) is 31.2 Å². The molecule has 108 valence electrons. The van der Waals surface area contributed by atoms with Gasteiger partial charge >= 0.3 is 0 Å². The summed E-state index contributed by atoms with van der Waals surface area (Å²) in [6.45, 7) is 3.25. The standard InChI is InChI=1S/C18H25NO/c1-12(16-11-13-6-7-14(16)10-13)19-17-8-9-20-18-5-3-2-4-15(17)18/h2-5,12-14,16-17,19H,6-11H2,1H3. The van der Waals surface area contributed by atoms with E-state index >= 15 is 0 Å². The van der Waals surface area contributed by atoms with Crippen LogP contribution in [0.1, 0.15) is 50.6 Å². The van der Waals surface area contributed by atoms with Crippen molar-refractivity contribution in [2.75, 3.05) is 6.61 Å². The van der Waals surface area contributed by atoms with E-state index in [1.54, 1.807) is 0 Å². The van der Waals surface area contributed by atoms with Gasteiger partial charge in [0.1, 0.15) is 5.75 Å². The van der Waals surface area contributed by atoms with Crippen molar-refractivity contribution in [3.63, 3.8) is 0 Å². The molecular formula is C18H25NO. The Kier molecular flexibility index (Phi) is 3.22. The van der Waals surface area contributed by atoms with Crippen LogP contribution in [0.2, 0.25) is 0 Å². The van der Waals surface area contributed by atoms with Gasteiger partial charge in [-0.1, -0.05) is 24.6 Å². The van der Waals surface area contributed by atoms with Gasteiger partial charge in [0.15, 0.2) is 0 Å². The molecule has 2 aliphatic carbocycles. The fourth-order valence-corrected chi connectivity index (χ4v) is 4.86. The van der Waals surface area contributed by atoms with Crippen LogP contribution in [0.4, 0.5) is 0 Å². The second-order valence-electron chi connectivity index (χ2n) is 7.02. The molecule has 3 aliphatic rings. The van der Waals surface area contributed by atoms with Crippen LogP contribution in [0, 0.1) is 17.8 Å². The molecule has 2 nitrogen and oxygen atoms in total. The van der Waals surface area contributed by atoms with Crippen molar-refractivity contribution in [1.82, 2.24) is 5.32 Å². The van der Waals surface area contributed by atoms with Gasteiger partial charge in [0, 0.05) is 24.1 Å². The Morgan fingerprint density at radius 2 is 2.05 bits per heavy atom. The second-order valence-corrected chi connectivity index (χ2v) is 7.02. The molecule has 5 atom stereocenters. The Morgan fingerprint density at radius 1 is 1.15 bits per heavy atom. The summed E-state index contributed by atoms with van der Waals surface area (Å²) in [5, 5.41) is 3.92. The van der Waals surface area contributed by atoms with Crippen molar-refractivity contribution in [1.29, 1.82) is 0 Å². The van der Waals surface area contributed by atoms with Gasteiger partial charge in [-0.25, -0.2) is 0 Å². The van der Waals surface area contributed by atoms with E-state index in [-0.39, 0.29) is 0 Å². The van der Waals surface area contributed by atoms with Crippen molar-refractivity contribution in [3.8, 4) is 5.75 Å². The molecule has 2 bridgehead atoms. The van der Waals surface area contributed by atoms with Gasteiger partial charge in [0.05, 0.1) is 6.61 Å². The maximum Gasteiger partial charge on any atom is 0.124 e. The summed E-state index contributed by atoms with van der Waals surface area (Å²) in [5.74, 6) is 4.02. The monoisotopic (exact) mass is 271 g/mol. The highest BCUT2D eigenvalue weighted by Gasteiger charge is 2.42. The number of rotatable bonds is 3. The molecule has 0 radical (unpaired) electrons. The van der Waals surface area contributed by atoms with Crippen molar-refractivity contribution in [2.45, 2.75) is 51.1 Å². The number of hydrogen-bond donors (Lipinski definition) is 1. The molecule has 1 aromatic carbocycles. The molecule has 0 spiro atoms. The maximum atomic E-state index is 5.77. The van der Waals surface area contributed by atoms with Gasteiger partial charge in [0.25, 0.3) is 0 Å². The molecule has 0 amide bonds. The van der Waals surface area contributed by atoms with E-state index in [1.807, 2.05) is 0 Å². The van der Waals surface area contributed by atoms with Crippen molar-refractivity contribution >= 4 is 0 Å². The predicted octanol–water partition coefficient (Wildman–Crippen LogP) is 3.92. The van der Waals surface area contributed by atoms with Crippen LogP contribution in [0.25, 0.3) is 0 Å². The Bertz CT molecular complexity index is 486. The van der Waals surface area contributed by atoms with E-state index in [0.29, 0.717) is 12.1 Å². The van der Waals surface area contributed by atoms with Crippen LogP contribution in [-0.2, 0) is 0 Å². The van der Waals surface area contributed by atoms with E-state index in [9.17, 15) is 0 Å². The van der Waals surface area contributed by atoms with Gasteiger partial charge < -0.3 is 10.1 Å². The summed E-state index contributed by atoms with van der Waals surface area (Å²) in [6, 6.07) is 9.64. The van der Waals surface area contributed by atoms with Crippen molar-refractivity contribution in [2.24, 2.45) is 17.8 Å². The van der Waals surface area contributed by atoms with Crippen LogP contribution in [0.3, 0.4) is 0 Å². The average molecular weight is 271 g/mol. The number of para-hydroxylation sites is 1. The number of hydrogen-bond acceptors (Lipinski definition) is 2. The predicted molar refractivity (Wildman–Crippen MR) is 80.8 cm³/mol. The molecule has 0 aromatic heterocycles. The van der Waals surface area contributed by atoms with Crippen LogP contribution < -0.4 is 10.1 Å². The lowest BCUT2D eigenvalue weighted by atomic mass is 9.83. The third-order valence-electron chi connectivity index (χ3n) is 5.86. The number of fused-ring (bicyclic) bond motifs is 3. The molecule has 1 N–H and O–H groups in total. The first-order valence-corrected chi connectivity index (χ1v) is 8.29. The normalized spacial score (nSPS) is 36.5. The lowest BCUT2D eigenvalue weighted by Gasteiger charge is -2.34. The van der Waals surface area contributed by atoms with E-state index in [2.05, 4.69) is 36.5 Å². The molecule has 1 aliphatic heterocycles. The van der Waals surface area contributed by atoms with Gasteiger partial charge in [0.2, 0.25) is 0 Å². The molecule has 5 unspecified atom stereocenters. The molecule has 20 heavy (non-hydrogen) atoms. The van der Waals surface area contributed by atoms with Crippen LogP contribution >= 0.6 is 0 Å². The van der Waals surface area contributed by atoms with E-state index in [0.717, 1.165) is 36.5 Å². The zero-order chi connectivity index (χ0) is 13.5. The first-order chi connectivity index (χ1) is 9.81. The summed E-state index contributed by atoms with van der Waals surface area (Å²) in [6.07, 6.45) is 7.03. The van der Waals surface area contributed by atoms with Gasteiger partial charge in [-0.15, -0.1) is 0 Å². The van der Waals surface area contributed by atoms with Crippen LogP contribution in [-0.4, -0.2) is 12.6 Å². The Labute approximate surface area is 121 Å². The highest BCUT2D eigenvalue weighted by atomic mass is 16.5. The molecule has 1 aromatic rings. The topological polar surface area (TPSA) is 21.3 Å². The van der Waals surface area contributed by atoms with Crippen LogP contribution in [0.5, 0.6) is 5.75 Å². The lowest BCUT2D eigenvalue weighted by molar-refractivity contribution is 0.207. The SMILES string of the molecule is CC(NC1CCOc2ccccc21)C1CC2CCC1C2. The largest absolute Gasteiger partial charge is 0.493 e. The smallest absolute Gasteiger partial charge is 0.124 e. The molecule has 2 fully saturated rings. The summed E-state index contributed by atoms with van der Waals surface area (Å²) >= 11 is 0. The third-order valence-corrected chi connectivity index (χ3v) is 5.86. The quantitative estimate of drug-likeness (QED) is 0.899. The minimum Gasteiger partial charge on any atom is -0.493 e. The Balaban J connectivity index is 1.47. The fourth-order valence-electron chi connectivity index (χ4n) is 4.86. The first-order valence-electron chi connectivity index (χ1n) is 8.29. The molecule has 1 heterocycles. The van der Waals surface area contributed by atoms with Crippen molar-refractivity contribution in [3.05, 3.63) is 29.8 Å². The molecule has 2 heteroatoms. The highest BCUT2D eigenvalue weighted by molar-refractivity contribution is 5.37. The van der Waals surface area contributed by atoms with Crippen molar-refractivity contribution < 1.29 is 4.74 Å². The molecular weight excluding hydrogens is 246 g/mol. The van der Waals surface area contributed by atoms with Crippen LogP contribution in [0.15, 0.2) is 24.3 Å². The summed E-state index contributed by atoms with van der Waals surface area (Å²) in [7, 11) is 0. The number of ether oxygens (including phenoxy) is 1. The third kappa shape index (κ3) is 2.14. The molecule has 2 saturated carbocycles. The molecule has 4 rings (SSSR count). The number of nitrogens with one attached hydrogen (secondary N) is 1. The summed E-state index contributed by atoms with van der Waals surface area (Å²) < 4.78 is 5.77. The van der Waals surface area contributed by atoms with E-state index in [4.69, 9.17) is 4.74 Å². The zero-order valence-electron chi connectivity index (χ0n) is 12.3. The minimum absolute atomic E-state index is 0.481. The Hall–Kier alpha value is -1.02. The maximum absolute atomic E-state index is 5.77. The number of benzene rings is 1. The second kappa shape index (κ2) is 5.07. The fraction of sp³-hybridized carbons (Fsp3) is 0.667. The summed E-state index contributed by atoms with van der Waals surface area (Å²) in [4.78, 5) is 0. The van der Waals surface area contributed by atoms with E-state index < -0.39 is 0 Å². The minimum atomic E-state index is 0.481. The molecule has 0 saturated heterocycles. The van der Waals surface area contributed by atoms with Gasteiger partial charge in [-0.3, -0.25) is 0 Å². The van der Waals surface area contributed by atoms with Gasteiger partial charge in [-0.05, 0) is 50.0 Å². The Morgan fingerprint density at radius 3 is 2.85 bits per heavy atom. The zero-order valence-corrected chi connectivity index (χ0v) is 12.3. The average Bonchev–Trinajstić information content (AvgIpc) is 3.10. The lowest BCUT2D eigenvalue weighted by Crippen LogP contribution is -2.40.